The molecule has 1 aliphatic rings. The van der Waals surface area contributed by atoms with Crippen molar-refractivity contribution in [1.82, 2.24) is 4.72 Å². The molecule has 0 saturated carbocycles. The second-order valence-corrected chi connectivity index (χ2v) is 9.76. The first-order valence-electron chi connectivity index (χ1n) is 10.9. The number of ether oxygens (including phenoxy) is 1. The van der Waals surface area contributed by atoms with Gasteiger partial charge in [-0.1, -0.05) is 0 Å². The van der Waals surface area contributed by atoms with Gasteiger partial charge in [0, 0.05) is 24.5 Å². The van der Waals surface area contributed by atoms with Gasteiger partial charge >= 0.3 is 5.97 Å². The molecule has 2 aromatic carbocycles. The molecular formula is C23H28FN3O6S. The maximum Gasteiger partial charge on any atom is 0.327 e. The molecule has 0 radical (unpaired) electrons. The second kappa shape index (κ2) is 11.4. The number of esters is 1. The number of piperidine rings is 1. The lowest BCUT2D eigenvalue weighted by molar-refractivity contribution is -0.151. The van der Waals surface area contributed by atoms with E-state index in [-0.39, 0.29) is 4.90 Å². The Morgan fingerprint density at radius 2 is 1.68 bits per heavy atom. The maximum absolute atomic E-state index is 13.1. The highest BCUT2D eigenvalue weighted by Crippen LogP contribution is 2.21. The Morgan fingerprint density at radius 1 is 1.06 bits per heavy atom. The van der Waals surface area contributed by atoms with Gasteiger partial charge in [-0.2, -0.15) is 4.72 Å². The minimum Gasteiger partial charge on any atom is -0.454 e. The van der Waals surface area contributed by atoms with E-state index in [1.54, 1.807) is 12.1 Å². The molecule has 0 spiro atoms. The van der Waals surface area contributed by atoms with Gasteiger partial charge in [0.25, 0.3) is 5.91 Å². The quantitative estimate of drug-likeness (QED) is 0.457. The number of anilines is 2. The van der Waals surface area contributed by atoms with Crippen LogP contribution in [0.25, 0.3) is 0 Å². The molecule has 34 heavy (non-hydrogen) atoms. The molecule has 1 amide bonds. The SMILES string of the molecule is C[C@H](O)[C@@H](NS(=O)(=O)c1ccc(F)cc1)C(=O)OCC(=O)Nc1ccc(N2CCCCC2)cc1. The number of halogens is 1. The Hall–Kier alpha value is -3.02. The minimum absolute atomic E-state index is 0.293. The van der Waals surface area contributed by atoms with Crippen LogP contribution in [0.1, 0.15) is 26.2 Å². The monoisotopic (exact) mass is 493 g/mol. The number of aliphatic hydroxyl groups is 1. The molecule has 1 fully saturated rings. The molecule has 0 aromatic heterocycles. The van der Waals surface area contributed by atoms with Crippen LogP contribution in [0.2, 0.25) is 0 Å². The van der Waals surface area contributed by atoms with Crippen LogP contribution in [-0.4, -0.2) is 57.2 Å². The molecular weight excluding hydrogens is 465 g/mol. The van der Waals surface area contributed by atoms with E-state index in [4.69, 9.17) is 4.74 Å². The highest BCUT2D eigenvalue weighted by molar-refractivity contribution is 7.89. The zero-order valence-electron chi connectivity index (χ0n) is 18.7. The number of nitrogens with zero attached hydrogens (tertiary/aromatic N) is 1. The van der Waals surface area contributed by atoms with Crippen molar-refractivity contribution >= 4 is 33.3 Å². The van der Waals surface area contributed by atoms with Crippen molar-refractivity contribution in [2.24, 2.45) is 0 Å². The molecule has 1 heterocycles. The number of amides is 1. The molecule has 2 atom stereocenters. The van der Waals surface area contributed by atoms with Crippen molar-refractivity contribution < 1.29 is 32.2 Å². The predicted octanol–water partition coefficient (Wildman–Crippen LogP) is 2.03. The average Bonchev–Trinajstić information content (AvgIpc) is 2.82. The molecule has 0 aliphatic carbocycles. The summed E-state index contributed by atoms with van der Waals surface area (Å²) in [5.41, 5.74) is 1.59. The lowest BCUT2D eigenvalue weighted by Crippen LogP contribution is -2.48. The summed E-state index contributed by atoms with van der Waals surface area (Å²) in [6.07, 6.45) is 2.08. The largest absolute Gasteiger partial charge is 0.454 e. The fourth-order valence-electron chi connectivity index (χ4n) is 3.52. The van der Waals surface area contributed by atoms with E-state index in [1.165, 1.54) is 13.3 Å². The number of aliphatic hydroxyl groups excluding tert-OH is 1. The number of carbonyl (C=O) groups excluding carboxylic acids is 2. The van der Waals surface area contributed by atoms with Crippen LogP contribution in [0.5, 0.6) is 0 Å². The summed E-state index contributed by atoms with van der Waals surface area (Å²) in [5.74, 6) is -2.38. The fourth-order valence-corrected chi connectivity index (χ4v) is 4.78. The van der Waals surface area contributed by atoms with Crippen molar-refractivity contribution in [3.8, 4) is 0 Å². The van der Waals surface area contributed by atoms with E-state index in [9.17, 15) is 27.5 Å². The Morgan fingerprint density at radius 3 is 2.26 bits per heavy atom. The van der Waals surface area contributed by atoms with Crippen molar-refractivity contribution in [2.75, 3.05) is 29.9 Å². The number of rotatable bonds is 9. The van der Waals surface area contributed by atoms with Gasteiger partial charge in [-0.3, -0.25) is 9.59 Å². The van der Waals surface area contributed by atoms with Gasteiger partial charge in [-0.15, -0.1) is 0 Å². The Bertz CT molecular complexity index is 1080. The summed E-state index contributed by atoms with van der Waals surface area (Å²) in [4.78, 5) is 26.6. The number of hydrogen-bond donors (Lipinski definition) is 3. The predicted molar refractivity (Wildman–Crippen MR) is 124 cm³/mol. The van der Waals surface area contributed by atoms with Crippen molar-refractivity contribution in [2.45, 2.75) is 43.2 Å². The van der Waals surface area contributed by atoms with Crippen LogP contribution >= 0.6 is 0 Å². The summed E-state index contributed by atoms with van der Waals surface area (Å²) in [7, 11) is -4.25. The molecule has 1 saturated heterocycles. The summed E-state index contributed by atoms with van der Waals surface area (Å²) < 4.78 is 44.9. The molecule has 3 N–H and O–H groups in total. The van der Waals surface area contributed by atoms with Crippen LogP contribution in [0.15, 0.2) is 53.4 Å². The molecule has 3 rings (SSSR count). The van der Waals surface area contributed by atoms with E-state index in [0.717, 1.165) is 55.9 Å². The molecule has 1 aliphatic heterocycles. The second-order valence-electron chi connectivity index (χ2n) is 8.04. The van der Waals surface area contributed by atoms with Crippen molar-refractivity contribution in [1.29, 1.82) is 0 Å². The normalized spacial score (nSPS) is 15.9. The molecule has 9 nitrogen and oxygen atoms in total. The number of hydrogen-bond acceptors (Lipinski definition) is 7. The first kappa shape index (κ1) is 25.6. The highest BCUT2D eigenvalue weighted by Gasteiger charge is 2.31. The van der Waals surface area contributed by atoms with Crippen LogP contribution < -0.4 is 14.9 Å². The summed E-state index contributed by atoms with van der Waals surface area (Å²) in [6.45, 7) is 2.52. The van der Waals surface area contributed by atoms with Crippen molar-refractivity contribution in [3.63, 3.8) is 0 Å². The topological polar surface area (TPSA) is 125 Å². The summed E-state index contributed by atoms with van der Waals surface area (Å²) in [5, 5.41) is 12.5. The smallest absolute Gasteiger partial charge is 0.327 e. The minimum atomic E-state index is -4.25. The lowest BCUT2D eigenvalue weighted by atomic mass is 10.1. The van der Waals surface area contributed by atoms with Crippen LogP contribution in [-0.2, 0) is 24.3 Å². The first-order valence-corrected chi connectivity index (χ1v) is 12.4. The van der Waals surface area contributed by atoms with E-state index in [0.29, 0.717) is 5.69 Å². The van der Waals surface area contributed by atoms with Crippen LogP contribution in [0, 0.1) is 5.82 Å². The number of sulfonamides is 1. The van der Waals surface area contributed by atoms with Gasteiger partial charge in [0.1, 0.15) is 11.9 Å². The lowest BCUT2D eigenvalue weighted by Gasteiger charge is -2.28. The Labute approximate surface area is 198 Å². The number of carbonyl (C=O) groups is 2. The highest BCUT2D eigenvalue weighted by atomic mass is 32.2. The molecule has 0 unspecified atom stereocenters. The van der Waals surface area contributed by atoms with Crippen molar-refractivity contribution in [3.05, 3.63) is 54.3 Å². The van der Waals surface area contributed by atoms with E-state index in [1.807, 2.05) is 16.9 Å². The third-order valence-corrected chi connectivity index (χ3v) is 6.82. The Kier molecular flexibility index (Phi) is 8.59. The Balaban J connectivity index is 1.54. The number of nitrogens with one attached hydrogen (secondary N) is 2. The zero-order chi connectivity index (χ0) is 24.7. The molecule has 2 aromatic rings. The van der Waals surface area contributed by atoms with Gasteiger partial charge in [-0.05, 0) is 74.7 Å². The fraction of sp³-hybridized carbons (Fsp3) is 0.391. The third-order valence-electron chi connectivity index (χ3n) is 5.36. The van der Waals surface area contributed by atoms with E-state index < -0.39 is 46.5 Å². The maximum atomic E-state index is 13.1. The van der Waals surface area contributed by atoms with Gasteiger partial charge in [0.15, 0.2) is 6.61 Å². The van der Waals surface area contributed by atoms with E-state index in [2.05, 4.69) is 10.2 Å². The molecule has 0 bridgehead atoms. The molecule has 184 valence electrons. The molecule has 11 heteroatoms. The zero-order valence-corrected chi connectivity index (χ0v) is 19.6. The van der Waals surface area contributed by atoms with Gasteiger partial charge < -0.3 is 20.1 Å². The van der Waals surface area contributed by atoms with Crippen LogP contribution in [0.3, 0.4) is 0 Å². The third kappa shape index (κ3) is 6.99. The van der Waals surface area contributed by atoms with Gasteiger partial charge in [0.05, 0.1) is 11.0 Å². The summed E-state index contributed by atoms with van der Waals surface area (Å²) in [6, 6.07) is 9.59. The first-order chi connectivity index (χ1) is 16.2. The van der Waals surface area contributed by atoms with Gasteiger partial charge in [-0.25, -0.2) is 12.8 Å². The summed E-state index contributed by atoms with van der Waals surface area (Å²) >= 11 is 0. The number of benzene rings is 2. The standard InChI is InChI=1S/C23H28FN3O6S/c1-16(28)22(26-34(31,32)20-11-5-17(24)6-12-20)23(30)33-15-21(29)25-18-7-9-19(10-8-18)27-13-3-2-4-14-27/h5-12,16,22,26,28H,2-4,13-15H2,1H3,(H,25,29)/t16-,22+/m0/s1. The van der Waals surface area contributed by atoms with E-state index >= 15 is 0 Å². The van der Waals surface area contributed by atoms with Crippen LogP contribution in [0.4, 0.5) is 15.8 Å². The van der Waals surface area contributed by atoms with Gasteiger partial charge in [0.2, 0.25) is 10.0 Å². The average molecular weight is 494 g/mol.